The average molecular weight is 125 g/mol. The van der Waals surface area contributed by atoms with Crippen LogP contribution < -0.4 is 11.5 Å². The van der Waals surface area contributed by atoms with Crippen molar-refractivity contribution in [3.63, 3.8) is 0 Å². The molecule has 0 aromatic carbocycles. The number of hydrogen-bond acceptors (Lipinski definition) is 2. The lowest BCUT2D eigenvalue weighted by Gasteiger charge is -1.88. The molecule has 0 aliphatic carbocycles. The van der Waals surface area contributed by atoms with Gasteiger partial charge in [-0.15, -0.1) is 0 Å². The second-order valence-electron chi connectivity index (χ2n) is 1.92. The maximum atomic E-state index is 5.35. The summed E-state index contributed by atoms with van der Waals surface area (Å²) in [5.41, 5.74) is 12.8. The standard InChI is InChI=1S/C6H11N3/c7-3-5-1-2-6(4-8)9-5/h1-2,9H,3-4,7-8H2. The van der Waals surface area contributed by atoms with Crippen molar-refractivity contribution in [1.29, 1.82) is 0 Å². The summed E-state index contributed by atoms with van der Waals surface area (Å²) in [6.45, 7) is 1.11. The van der Waals surface area contributed by atoms with E-state index in [1.807, 2.05) is 12.1 Å². The molecule has 0 spiro atoms. The molecule has 0 atom stereocenters. The molecule has 1 aromatic heterocycles. The van der Waals surface area contributed by atoms with Crippen LogP contribution in [-0.2, 0) is 13.1 Å². The summed E-state index contributed by atoms with van der Waals surface area (Å²) < 4.78 is 0. The van der Waals surface area contributed by atoms with Crippen LogP contribution in [0.4, 0.5) is 0 Å². The van der Waals surface area contributed by atoms with E-state index in [2.05, 4.69) is 4.98 Å². The normalized spacial score (nSPS) is 10.0. The van der Waals surface area contributed by atoms with E-state index >= 15 is 0 Å². The summed E-state index contributed by atoms with van der Waals surface area (Å²) in [4.78, 5) is 3.06. The van der Waals surface area contributed by atoms with Crippen molar-refractivity contribution < 1.29 is 0 Å². The third-order valence-electron chi connectivity index (χ3n) is 1.25. The Bertz CT molecular complexity index is 162. The Balaban J connectivity index is 2.74. The van der Waals surface area contributed by atoms with Crippen LogP contribution in [0.3, 0.4) is 0 Å². The second kappa shape index (κ2) is 2.66. The molecule has 0 bridgehead atoms. The van der Waals surface area contributed by atoms with Gasteiger partial charge in [0.2, 0.25) is 0 Å². The number of nitrogens with two attached hydrogens (primary N) is 2. The van der Waals surface area contributed by atoms with Gasteiger partial charge >= 0.3 is 0 Å². The molecule has 0 aliphatic heterocycles. The van der Waals surface area contributed by atoms with Gasteiger partial charge in [0, 0.05) is 24.5 Å². The van der Waals surface area contributed by atoms with Gasteiger partial charge in [0.05, 0.1) is 0 Å². The van der Waals surface area contributed by atoms with Gasteiger partial charge in [-0.3, -0.25) is 0 Å². The molecule has 0 aliphatic rings. The lowest BCUT2D eigenvalue weighted by Crippen LogP contribution is -1.99. The topological polar surface area (TPSA) is 67.8 Å². The smallest absolute Gasteiger partial charge is 0.0332 e. The van der Waals surface area contributed by atoms with Crippen molar-refractivity contribution in [3.8, 4) is 0 Å². The number of rotatable bonds is 2. The fourth-order valence-electron chi connectivity index (χ4n) is 0.729. The van der Waals surface area contributed by atoms with Crippen molar-refractivity contribution in [2.75, 3.05) is 0 Å². The summed E-state index contributed by atoms with van der Waals surface area (Å²) in [5, 5.41) is 0. The predicted octanol–water partition coefficient (Wildman–Crippen LogP) is -0.0679. The Hall–Kier alpha value is -0.800. The van der Waals surface area contributed by atoms with Gasteiger partial charge in [-0.1, -0.05) is 0 Å². The van der Waals surface area contributed by atoms with Gasteiger partial charge in [0.15, 0.2) is 0 Å². The van der Waals surface area contributed by atoms with Crippen LogP contribution in [0.1, 0.15) is 11.4 Å². The largest absolute Gasteiger partial charge is 0.360 e. The van der Waals surface area contributed by atoms with Crippen LogP contribution in [0.2, 0.25) is 0 Å². The zero-order chi connectivity index (χ0) is 6.69. The average Bonchev–Trinajstić information content (AvgIpc) is 2.34. The van der Waals surface area contributed by atoms with Gasteiger partial charge in [0.1, 0.15) is 0 Å². The van der Waals surface area contributed by atoms with Crippen molar-refractivity contribution >= 4 is 0 Å². The number of aromatic amines is 1. The maximum absolute atomic E-state index is 5.35. The first-order chi connectivity index (χ1) is 4.36. The molecule has 0 fully saturated rings. The van der Waals surface area contributed by atoms with E-state index in [4.69, 9.17) is 11.5 Å². The Labute approximate surface area is 54.1 Å². The Morgan fingerprint density at radius 2 is 1.56 bits per heavy atom. The molecule has 50 valence electrons. The quantitative estimate of drug-likeness (QED) is 0.518. The van der Waals surface area contributed by atoms with Gasteiger partial charge in [-0.2, -0.15) is 0 Å². The van der Waals surface area contributed by atoms with E-state index in [1.54, 1.807) is 0 Å². The minimum Gasteiger partial charge on any atom is -0.360 e. The van der Waals surface area contributed by atoms with Crippen LogP contribution in [0.5, 0.6) is 0 Å². The fourth-order valence-corrected chi connectivity index (χ4v) is 0.729. The molecule has 9 heavy (non-hydrogen) atoms. The Morgan fingerprint density at radius 1 is 1.11 bits per heavy atom. The van der Waals surface area contributed by atoms with Gasteiger partial charge < -0.3 is 16.5 Å². The van der Waals surface area contributed by atoms with E-state index in [0.29, 0.717) is 13.1 Å². The molecule has 1 rings (SSSR count). The monoisotopic (exact) mass is 125 g/mol. The molecular formula is C6H11N3. The molecule has 1 heterocycles. The second-order valence-corrected chi connectivity index (χ2v) is 1.92. The van der Waals surface area contributed by atoms with E-state index in [-0.39, 0.29) is 0 Å². The van der Waals surface area contributed by atoms with E-state index < -0.39 is 0 Å². The fraction of sp³-hybridized carbons (Fsp3) is 0.333. The third-order valence-corrected chi connectivity index (χ3v) is 1.25. The SMILES string of the molecule is NCc1ccc(CN)[nH]1. The number of aromatic nitrogens is 1. The molecule has 0 radical (unpaired) electrons. The van der Waals surface area contributed by atoms with Crippen molar-refractivity contribution in [1.82, 2.24) is 4.98 Å². The van der Waals surface area contributed by atoms with Crippen molar-refractivity contribution in [2.24, 2.45) is 11.5 Å². The molecule has 0 saturated heterocycles. The zero-order valence-electron chi connectivity index (χ0n) is 5.22. The molecule has 5 N–H and O–H groups in total. The summed E-state index contributed by atoms with van der Waals surface area (Å²) in [6, 6.07) is 3.89. The first-order valence-corrected chi connectivity index (χ1v) is 2.93. The molecule has 0 unspecified atom stereocenters. The van der Waals surface area contributed by atoms with Crippen LogP contribution in [0.25, 0.3) is 0 Å². The zero-order valence-corrected chi connectivity index (χ0v) is 5.22. The van der Waals surface area contributed by atoms with E-state index in [1.165, 1.54) is 0 Å². The van der Waals surface area contributed by atoms with Crippen molar-refractivity contribution in [2.45, 2.75) is 13.1 Å². The minimum atomic E-state index is 0.556. The highest BCUT2D eigenvalue weighted by Crippen LogP contribution is 1.98. The predicted molar refractivity (Wildman–Crippen MR) is 36.6 cm³/mol. The summed E-state index contributed by atoms with van der Waals surface area (Å²) in [6.07, 6.45) is 0. The van der Waals surface area contributed by atoms with Crippen LogP contribution in [0.15, 0.2) is 12.1 Å². The van der Waals surface area contributed by atoms with Crippen molar-refractivity contribution in [3.05, 3.63) is 23.5 Å². The maximum Gasteiger partial charge on any atom is 0.0332 e. The summed E-state index contributed by atoms with van der Waals surface area (Å²) in [7, 11) is 0. The van der Waals surface area contributed by atoms with Crippen LogP contribution in [-0.4, -0.2) is 4.98 Å². The van der Waals surface area contributed by atoms with E-state index in [9.17, 15) is 0 Å². The first-order valence-electron chi connectivity index (χ1n) is 2.93. The highest BCUT2D eigenvalue weighted by molar-refractivity contribution is 5.12. The van der Waals surface area contributed by atoms with Crippen LogP contribution in [0, 0.1) is 0 Å². The molecule has 3 heteroatoms. The highest BCUT2D eigenvalue weighted by Gasteiger charge is 1.91. The Kier molecular flexibility index (Phi) is 1.87. The highest BCUT2D eigenvalue weighted by atomic mass is 14.8. The molecular weight excluding hydrogens is 114 g/mol. The molecule has 0 amide bonds. The van der Waals surface area contributed by atoms with Gasteiger partial charge in [-0.25, -0.2) is 0 Å². The Morgan fingerprint density at radius 3 is 1.78 bits per heavy atom. The number of H-pyrrole nitrogens is 1. The number of nitrogens with one attached hydrogen (secondary N) is 1. The summed E-state index contributed by atoms with van der Waals surface area (Å²) in [5.74, 6) is 0. The molecule has 0 saturated carbocycles. The third kappa shape index (κ3) is 1.31. The lowest BCUT2D eigenvalue weighted by molar-refractivity contribution is 0.950. The molecule has 1 aromatic rings. The molecule has 3 nitrogen and oxygen atoms in total. The van der Waals surface area contributed by atoms with Crippen LogP contribution >= 0.6 is 0 Å². The lowest BCUT2D eigenvalue weighted by atomic mass is 10.4. The number of hydrogen-bond donors (Lipinski definition) is 3. The van der Waals surface area contributed by atoms with Gasteiger partial charge in [-0.05, 0) is 12.1 Å². The summed E-state index contributed by atoms with van der Waals surface area (Å²) >= 11 is 0. The first kappa shape index (κ1) is 6.32. The van der Waals surface area contributed by atoms with E-state index in [0.717, 1.165) is 11.4 Å². The van der Waals surface area contributed by atoms with Gasteiger partial charge in [0.25, 0.3) is 0 Å². The minimum absolute atomic E-state index is 0.556.